The Bertz CT molecular complexity index is 211. The van der Waals surface area contributed by atoms with E-state index in [-0.39, 0.29) is 5.25 Å². The van der Waals surface area contributed by atoms with Crippen LogP contribution in [0.5, 0.6) is 0 Å². The molecule has 0 saturated carbocycles. The van der Waals surface area contributed by atoms with Crippen LogP contribution >= 0.6 is 11.9 Å². The maximum absolute atomic E-state index is 5.65. The molecule has 0 aromatic carbocycles. The van der Waals surface area contributed by atoms with E-state index < -0.39 is 0 Å². The highest BCUT2D eigenvalue weighted by Crippen LogP contribution is 2.24. The molecule has 62 valence electrons. The van der Waals surface area contributed by atoms with Gasteiger partial charge in [0.25, 0.3) is 0 Å². The molecule has 1 aliphatic heterocycles. The third kappa shape index (κ3) is 1.65. The highest BCUT2D eigenvalue weighted by Gasteiger charge is 2.25. The van der Waals surface area contributed by atoms with E-state index in [1.807, 2.05) is 14.0 Å². The van der Waals surface area contributed by atoms with E-state index in [0.29, 0.717) is 5.84 Å². The zero-order valence-electron chi connectivity index (χ0n) is 6.90. The van der Waals surface area contributed by atoms with Crippen LogP contribution in [0.3, 0.4) is 0 Å². The summed E-state index contributed by atoms with van der Waals surface area (Å²) in [4.78, 5) is 3.92. The molecule has 0 spiro atoms. The van der Waals surface area contributed by atoms with Gasteiger partial charge in [-0.15, -0.1) is 0 Å². The van der Waals surface area contributed by atoms with Gasteiger partial charge in [-0.3, -0.25) is 4.99 Å². The lowest BCUT2D eigenvalue weighted by molar-refractivity contribution is 0.627. The Hall–Kier alpha value is -0.710. The highest BCUT2D eigenvalue weighted by molar-refractivity contribution is 7.99. The van der Waals surface area contributed by atoms with Crippen LogP contribution in [0.2, 0.25) is 0 Å². The van der Waals surface area contributed by atoms with Crippen molar-refractivity contribution in [3.8, 4) is 0 Å². The first kappa shape index (κ1) is 8.39. The van der Waals surface area contributed by atoms with E-state index in [2.05, 4.69) is 10.1 Å². The minimum Gasteiger partial charge on any atom is -0.386 e. The maximum Gasteiger partial charge on any atom is 0.123 e. The van der Waals surface area contributed by atoms with Crippen molar-refractivity contribution in [1.82, 2.24) is 4.41 Å². The summed E-state index contributed by atoms with van der Waals surface area (Å²) in [6.45, 7) is 1.96. The molecule has 11 heavy (non-hydrogen) atoms. The molecule has 5 heteroatoms. The second kappa shape index (κ2) is 3.13. The Kier molecular flexibility index (Phi) is 2.38. The van der Waals surface area contributed by atoms with Gasteiger partial charge in [0.05, 0.1) is 5.71 Å². The molecule has 1 unspecified atom stereocenters. The van der Waals surface area contributed by atoms with Gasteiger partial charge in [-0.2, -0.15) is 5.10 Å². The van der Waals surface area contributed by atoms with Gasteiger partial charge in [0.1, 0.15) is 11.1 Å². The van der Waals surface area contributed by atoms with Gasteiger partial charge in [0.2, 0.25) is 0 Å². The summed E-state index contributed by atoms with van der Waals surface area (Å²) in [7, 11) is 3.60. The molecule has 2 N–H and O–H groups in total. The predicted molar refractivity (Wildman–Crippen MR) is 49.8 cm³/mol. The van der Waals surface area contributed by atoms with Crippen LogP contribution in [-0.4, -0.2) is 35.3 Å². The first-order valence-corrected chi connectivity index (χ1v) is 4.16. The second-order valence-corrected chi connectivity index (χ2v) is 3.55. The topological polar surface area (TPSA) is 54.0 Å². The van der Waals surface area contributed by atoms with Crippen molar-refractivity contribution in [3.63, 3.8) is 0 Å². The van der Waals surface area contributed by atoms with E-state index in [4.69, 9.17) is 5.73 Å². The fraction of sp³-hybridized carbons (Fsp3) is 0.667. The van der Waals surface area contributed by atoms with Crippen LogP contribution in [0.15, 0.2) is 10.1 Å². The average molecular weight is 172 g/mol. The van der Waals surface area contributed by atoms with Gasteiger partial charge in [-0.05, 0) is 18.9 Å². The van der Waals surface area contributed by atoms with E-state index >= 15 is 0 Å². The summed E-state index contributed by atoms with van der Waals surface area (Å²) in [5.41, 5.74) is 6.67. The molecule has 4 nitrogen and oxygen atoms in total. The molecule has 1 rings (SSSR count). The van der Waals surface area contributed by atoms with E-state index in [9.17, 15) is 0 Å². The summed E-state index contributed by atoms with van der Waals surface area (Å²) < 4.78 is 1.80. The van der Waals surface area contributed by atoms with Crippen LogP contribution in [-0.2, 0) is 0 Å². The Morgan fingerprint density at radius 3 is 2.82 bits per heavy atom. The number of hydrogen-bond donors (Lipinski definition) is 1. The minimum absolute atomic E-state index is 0.144. The summed E-state index contributed by atoms with van der Waals surface area (Å²) in [5.74, 6) is 0.639. The van der Waals surface area contributed by atoms with Crippen LogP contribution in [0.1, 0.15) is 6.92 Å². The lowest BCUT2D eigenvalue weighted by Gasteiger charge is -2.08. The van der Waals surface area contributed by atoms with Crippen LogP contribution in [0.4, 0.5) is 0 Å². The molecular formula is C6H12N4S. The molecule has 0 bridgehead atoms. The summed E-state index contributed by atoms with van der Waals surface area (Å²) in [6, 6.07) is 0. The molecule has 1 atom stereocenters. The number of hydrazone groups is 1. The Morgan fingerprint density at radius 1 is 1.82 bits per heavy atom. The van der Waals surface area contributed by atoms with Gasteiger partial charge >= 0.3 is 0 Å². The van der Waals surface area contributed by atoms with Gasteiger partial charge < -0.3 is 5.73 Å². The van der Waals surface area contributed by atoms with Gasteiger partial charge in [0.15, 0.2) is 0 Å². The minimum atomic E-state index is 0.144. The monoisotopic (exact) mass is 172 g/mol. The quantitative estimate of drug-likeness (QED) is 0.352. The van der Waals surface area contributed by atoms with Crippen molar-refractivity contribution in [1.29, 1.82) is 0 Å². The summed E-state index contributed by atoms with van der Waals surface area (Å²) in [6.07, 6.45) is 0. The van der Waals surface area contributed by atoms with E-state index in [1.54, 1.807) is 23.4 Å². The second-order valence-electron chi connectivity index (χ2n) is 2.34. The lowest BCUT2D eigenvalue weighted by atomic mass is 10.3. The predicted octanol–water partition coefficient (Wildman–Crippen LogP) is 0.311. The Morgan fingerprint density at radius 2 is 2.45 bits per heavy atom. The van der Waals surface area contributed by atoms with Gasteiger partial charge in [-0.1, -0.05) is 0 Å². The third-order valence-corrected chi connectivity index (χ3v) is 2.64. The summed E-state index contributed by atoms with van der Waals surface area (Å²) in [5, 5.41) is 4.34. The Balaban J connectivity index is 2.71. The molecule has 1 heterocycles. The number of aliphatic imine (C=N–C) groups is 1. The zero-order chi connectivity index (χ0) is 8.43. The molecule has 1 aliphatic rings. The van der Waals surface area contributed by atoms with Crippen molar-refractivity contribution in [3.05, 3.63) is 0 Å². The molecule has 0 aliphatic carbocycles. The van der Waals surface area contributed by atoms with Crippen molar-refractivity contribution >= 4 is 23.5 Å². The van der Waals surface area contributed by atoms with Gasteiger partial charge in [-0.25, -0.2) is 4.41 Å². The molecule has 0 aromatic rings. The first-order chi connectivity index (χ1) is 5.15. The first-order valence-electron chi connectivity index (χ1n) is 3.33. The Labute approximate surface area is 70.7 Å². The van der Waals surface area contributed by atoms with Crippen LogP contribution in [0.25, 0.3) is 0 Å². The molecule has 0 fully saturated rings. The lowest BCUT2D eigenvalue weighted by Crippen LogP contribution is -2.30. The van der Waals surface area contributed by atoms with E-state index in [0.717, 1.165) is 5.71 Å². The smallest absolute Gasteiger partial charge is 0.123 e. The molecule has 0 saturated heterocycles. The van der Waals surface area contributed by atoms with Gasteiger partial charge in [0, 0.05) is 14.1 Å². The molecular weight excluding hydrogens is 160 g/mol. The number of rotatable bonds is 1. The maximum atomic E-state index is 5.65. The molecule has 0 aromatic heterocycles. The zero-order valence-corrected chi connectivity index (χ0v) is 7.72. The standard InChI is InChI=1S/C6H12N4S/c1-4-5(6(7)8-2)11-10(3)9-4/h5H,1-3H3,(H2,7,8). The molecule has 0 radical (unpaired) electrons. The molecule has 0 amide bonds. The average Bonchev–Trinajstić information content (AvgIpc) is 2.28. The number of nitrogens with zero attached hydrogens (tertiary/aromatic N) is 3. The van der Waals surface area contributed by atoms with E-state index in [1.165, 1.54) is 0 Å². The fourth-order valence-corrected chi connectivity index (χ4v) is 1.81. The van der Waals surface area contributed by atoms with Crippen LogP contribution < -0.4 is 5.73 Å². The van der Waals surface area contributed by atoms with Crippen molar-refractivity contribution < 1.29 is 0 Å². The fourth-order valence-electron chi connectivity index (χ4n) is 0.912. The highest BCUT2D eigenvalue weighted by atomic mass is 32.2. The summed E-state index contributed by atoms with van der Waals surface area (Å²) >= 11 is 1.58. The van der Waals surface area contributed by atoms with Crippen molar-refractivity contribution in [2.24, 2.45) is 15.8 Å². The van der Waals surface area contributed by atoms with Crippen LogP contribution in [0, 0.1) is 0 Å². The third-order valence-electron chi connectivity index (χ3n) is 1.46. The van der Waals surface area contributed by atoms with Crippen molar-refractivity contribution in [2.75, 3.05) is 14.1 Å². The van der Waals surface area contributed by atoms with Crippen molar-refractivity contribution in [2.45, 2.75) is 12.2 Å². The number of nitrogens with two attached hydrogens (primary N) is 1. The normalized spacial score (nSPS) is 25.7. The largest absolute Gasteiger partial charge is 0.386 e. The SMILES string of the molecule is CN=C(N)C1SN(C)N=C1C. The number of amidine groups is 1. The number of hydrogen-bond acceptors (Lipinski definition) is 4.